The number of carbonyl (C=O) groups is 1. The Bertz CT molecular complexity index is 825. The molecule has 0 bridgehead atoms. The Labute approximate surface area is 200 Å². The van der Waals surface area contributed by atoms with E-state index in [0.29, 0.717) is 25.7 Å². The fourth-order valence-corrected chi connectivity index (χ4v) is 4.41. The van der Waals surface area contributed by atoms with Crippen molar-refractivity contribution in [2.24, 2.45) is 11.8 Å². The number of aliphatic carboxylic acids is 1. The van der Waals surface area contributed by atoms with Gasteiger partial charge in [0.05, 0.1) is 12.2 Å². The molecule has 1 aromatic carbocycles. The third kappa shape index (κ3) is 5.69. The minimum absolute atomic E-state index is 0. The van der Waals surface area contributed by atoms with Gasteiger partial charge in [-0.25, -0.2) is 0 Å². The molecule has 1 aromatic rings. The minimum atomic E-state index is -0.790. The van der Waals surface area contributed by atoms with Gasteiger partial charge >= 0.3 is 5.97 Å². The maximum Gasteiger partial charge on any atom is 0.303 e. The van der Waals surface area contributed by atoms with Crippen molar-refractivity contribution in [1.82, 2.24) is 0 Å². The van der Waals surface area contributed by atoms with Gasteiger partial charge in [0.25, 0.3) is 0 Å². The van der Waals surface area contributed by atoms with Crippen LogP contribution < -0.4 is 4.74 Å². The number of hydrogen-bond acceptors (Lipinski definition) is 4. The predicted molar refractivity (Wildman–Crippen MR) is 116 cm³/mol. The summed E-state index contributed by atoms with van der Waals surface area (Å²) in [6.45, 7) is 3.75. The van der Waals surface area contributed by atoms with Gasteiger partial charge in [-0.2, -0.15) is 0 Å². The fourth-order valence-electron chi connectivity index (χ4n) is 4.41. The molecule has 1 fully saturated rings. The first-order valence-electron chi connectivity index (χ1n) is 10.4. The van der Waals surface area contributed by atoms with Gasteiger partial charge in [-0.3, -0.25) is 4.79 Å². The first-order valence-corrected chi connectivity index (χ1v) is 10.4. The van der Waals surface area contributed by atoms with Gasteiger partial charge in [0.2, 0.25) is 0 Å². The number of hydrogen-bond donors (Lipinski definition) is 3. The number of fused-ring (bicyclic) bond motifs is 3. The van der Waals surface area contributed by atoms with Crippen LogP contribution >= 0.6 is 0 Å². The van der Waals surface area contributed by atoms with Crippen molar-refractivity contribution >= 4 is 35.5 Å². The molecule has 1 aliphatic heterocycles. The van der Waals surface area contributed by atoms with Crippen molar-refractivity contribution in [3.05, 3.63) is 41.5 Å². The van der Waals surface area contributed by atoms with Crippen molar-refractivity contribution in [3.63, 3.8) is 0 Å². The summed E-state index contributed by atoms with van der Waals surface area (Å²) in [5.74, 6) is 5.87. The van der Waals surface area contributed by atoms with Crippen molar-refractivity contribution in [3.8, 4) is 17.6 Å². The molecule has 1 heterocycles. The summed E-state index contributed by atoms with van der Waals surface area (Å²) in [5, 5.41) is 29.9. The van der Waals surface area contributed by atoms with Gasteiger partial charge in [0, 0.05) is 66.2 Å². The molecular formula is C24H30NaO5. The Kier molecular flexibility index (Phi) is 9.46. The molecule has 6 unspecified atom stereocenters. The first kappa shape index (κ1) is 25.0. The van der Waals surface area contributed by atoms with Crippen LogP contribution in [0.3, 0.4) is 0 Å². The van der Waals surface area contributed by atoms with Crippen LogP contribution in [0.2, 0.25) is 0 Å². The van der Waals surface area contributed by atoms with Crippen LogP contribution in [0.1, 0.15) is 56.6 Å². The SMILES string of the molecule is CC#CCC(C)C(O)/C=C/C1C(O)CC2Oc3c(CCCC(=O)O)cccc3C21.[Na]. The Morgan fingerprint density at radius 3 is 2.87 bits per heavy atom. The molecule has 3 rings (SSSR count). The summed E-state index contributed by atoms with van der Waals surface area (Å²) in [5.41, 5.74) is 2.11. The zero-order valence-corrected chi connectivity index (χ0v) is 20.0. The van der Waals surface area contributed by atoms with Crippen LogP contribution in [-0.4, -0.2) is 69.2 Å². The number of aliphatic hydroxyl groups is 2. The van der Waals surface area contributed by atoms with Gasteiger partial charge in [-0.1, -0.05) is 37.3 Å². The second-order valence-electron chi connectivity index (χ2n) is 8.13. The average molecular weight is 421 g/mol. The van der Waals surface area contributed by atoms with Crippen molar-refractivity contribution in [2.45, 2.75) is 70.2 Å². The standard InChI is InChI=1S/C24H30O5.Na/c1-3-4-7-15(2)19(25)13-12-17-20(26)14-21-23(17)18-10-5-8-16(24(18)29-21)9-6-11-22(27)28;/h5,8,10,12-13,15,17,19-21,23,25-26H,6-7,9,11,14H2,1-2H3,(H,27,28);/b13-12+;. The number of para-hydroxylation sites is 1. The molecule has 1 saturated carbocycles. The van der Waals surface area contributed by atoms with Crippen molar-refractivity contribution in [2.75, 3.05) is 0 Å². The summed E-state index contributed by atoms with van der Waals surface area (Å²) < 4.78 is 6.21. The third-order valence-electron chi connectivity index (χ3n) is 6.04. The third-order valence-corrected chi connectivity index (χ3v) is 6.04. The van der Waals surface area contributed by atoms with E-state index in [0.717, 1.165) is 16.9 Å². The van der Waals surface area contributed by atoms with Crippen LogP contribution in [0.5, 0.6) is 5.75 Å². The summed E-state index contributed by atoms with van der Waals surface area (Å²) in [6.07, 6.45) is 5.07. The summed E-state index contributed by atoms with van der Waals surface area (Å²) in [4.78, 5) is 10.8. The molecular weight excluding hydrogens is 391 g/mol. The largest absolute Gasteiger partial charge is 0.489 e. The average Bonchev–Trinajstić information content (AvgIpc) is 3.19. The Balaban J connectivity index is 0.00000320. The second kappa shape index (κ2) is 11.4. The maximum absolute atomic E-state index is 10.8. The number of ether oxygens (including phenoxy) is 1. The van der Waals surface area contributed by atoms with Crippen LogP contribution in [-0.2, 0) is 11.2 Å². The molecule has 0 spiro atoms. The quantitative estimate of drug-likeness (QED) is 0.341. The molecule has 5 nitrogen and oxygen atoms in total. The molecule has 2 aliphatic rings. The maximum atomic E-state index is 10.8. The normalized spacial score (nSPS) is 26.0. The van der Waals surface area contributed by atoms with Crippen LogP contribution in [0, 0.1) is 23.7 Å². The summed E-state index contributed by atoms with van der Waals surface area (Å²) in [6, 6.07) is 6.01. The Hall–Kier alpha value is -1.29. The Morgan fingerprint density at radius 1 is 1.40 bits per heavy atom. The number of aliphatic hydroxyl groups excluding tert-OH is 2. The van der Waals surface area contributed by atoms with Crippen molar-refractivity contribution in [1.29, 1.82) is 0 Å². The molecule has 6 atom stereocenters. The molecule has 30 heavy (non-hydrogen) atoms. The van der Waals surface area contributed by atoms with Gasteiger partial charge in [0.15, 0.2) is 0 Å². The molecule has 1 radical (unpaired) electrons. The number of benzene rings is 1. The molecule has 1 aliphatic carbocycles. The fraction of sp³-hybridized carbons (Fsp3) is 0.542. The predicted octanol–water partition coefficient (Wildman–Crippen LogP) is 2.91. The number of carboxylic acids is 1. The van der Waals surface area contributed by atoms with E-state index in [1.165, 1.54) is 0 Å². The second-order valence-corrected chi connectivity index (χ2v) is 8.13. The van der Waals surface area contributed by atoms with Gasteiger partial charge in [0.1, 0.15) is 11.9 Å². The van der Waals surface area contributed by atoms with E-state index in [2.05, 4.69) is 11.8 Å². The zero-order chi connectivity index (χ0) is 21.0. The van der Waals surface area contributed by atoms with Gasteiger partial charge in [-0.05, 0) is 31.2 Å². The molecule has 0 saturated heterocycles. The smallest absolute Gasteiger partial charge is 0.303 e. The number of aryl methyl sites for hydroxylation is 1. The number of rotatable bonds is 8. The van der Waals surface area contributed by atoms with E-state index in [4.69, 9.17) is 9.84 Å². The van der Waals surface area contributed by atoms with Crippen LogP contribution in [0.25, 0.3) is 0 Å². The minimum Gasteiger partial charge on any atom is -0.489 e. The summed E-state index contributed by atoms with van der Waals surface area (Å²) >= 11 is 0. The zero-order valence-electron chi connectivity index (χ0n) is 18.0. The van der Waals surface area contributed by atoms with Crippen LogP contribution in [0.15, 0.2) is 30.4 Å². The topological polar surface area (TPSA) is 87.0 Å². The van der Waals surface area contributed by atoms with Crippen LogP contribution in [0.4, 0.5) is 0 Å². The molecule has 157 valence electrons. The van der Waals surface area contributed by atoms with E-state index >= 15 is 0 Å². The molecule has 0 amide bonds. The van der Waals surface area contributed by atoms with E-state index in [9.17, 15) is 15.0 Å². The van der Waals surface area contributed by atoms with Gasteiger partial charge in [-0.15, -0.1) is 11.8 Å². The van der Waals surface area contributed by atoms with Crippen molar-refractivity contribution < 1.29 is 24.9 Å². The number of carboxylic acid groups (broad SMARTS) is 1. The Morgan fingerprint density at radius 2 is 2.17 bits per heavy atom. The molecule has 0 aromatic heterocycles. The van der Waals surface area contributed by atoms with E-state index < -0.39 is 18.2 Å². The monoisotopic (exact) mass is 421 g/mol. The molecule has 6 heteroatoms. The first-order chi connectivity index (χ1) is 13.9. The van der Waals surface area contributed by atoms with E-state index in [1.807, 2.05) is 31.2 Å². The van der Waals surface area contributed by atoms with E-state index in [-0.39, 0.29) is 59.8 Å². The van der Waals surface area contributed by atoms with E-state index in [1.54, 1.807) is 13.0 Å². The summed E-state index contributed by atoms with van der Waals surface area (Å²) in [7, 11) is 0. The van der Waals surface area contributed by atoms with Gasteiger partial charge < -0.3 is 20.1 Å². The molecule has 3 N–H and O–H groups in total.